The molecule has 1 saturated heterocycles. The fourth-order valence-corrected chi connectivity index (χ4v) is 3.14. The molecule has 0 spiro atoms. The largest absolute Gasteiger partial charge is 0.336 e. The normalized spacial score (nSPS) is 15.0. The van der Waals surface area contributed by atoms with Gasteiger partial charge in [-0.15, -0.1) is 0 Å². The van der Waals surface area contributed by atoms with Crippen LogP contribution in [0.4, 0.5) is 8.78 Å². The Morgan fingerprint density at radius 3 is 2.50 bits per heavy atom. The summed E-state index contributed by atoms with van der Waals surface area (Å²) in [5.41, 5.74) is 1.96. The minimum absolute atomic E-state index is 0.0313. The van der Waals surface area contributed by atoms with Crippen LogP contribution in [0.15, 0.2) is 48.9 Å². The summed E-state index contributed by atoms with van der Waals surface area (Å²) in [7, 11) is 2.04. The average Bonchev–Trinajstić information content (AvgIpc) is 3.18. The van der Waals surface area contributed by atoms with Gasteiger partial charge in [0.1, 0.15) is 11.5 Å². The number of likely N-dealkylation sites (N-methyl/N-ethyl adjacent to an activating group) is 1. The molecule has 0 saturated carbocycles. The van der Waals surface area contributed by atoms with Crippen LogP contribution in [0, 0.1) is 11.6 Å². The van der Waals surface area contributed by atoms with Gasteiger partial charge in [0.15, 0.2) is 5.82 Å². The van der Waals surface area contributed by atoms with Gasteiger partial charge in [-0.2, -0.15) is 5.10 Å². The first-order valence-electron chi connectivity index (χ1n) is 8.95. The SMILES string of the molecule is CN1CCN(C(=O)c2ccc(-c3cnn(-c4ccc(F)cc4F)c3)nc2)CC1. The molecule has 1 aromatic carbocycles. The van der Waals surface area contributed by atoms with Crippen LogP contribution in [0.5, 0.6) is 0 Å². The number of nitrogens with zero attached hydrogens (tertiary/aromatic N) is 5. The Hall–Kier alpha value is -3.13. The Kier molecular flexibility index (Phi) is 4.87. The minimum Gasteiger partial charge on any atom is -0.336 e. The second kappa shape index (κ2) is 7.47. The van der Waals surface area contributed by atoms with E-state index >= 15 is 0 Å². The topological polar surface area (TPSA) is 54.3 Å². The number of carbonyl (C=O) groups is 1. The zero-order chi connectivity index (χ0) is 19.7. The van der Waals surface area contributed by atoms with E-state index < -0.39 is 11.6 Å². The summed E-state index contributed by atoms with van der Waals surface area (Å²) < 4.78 is 28.3. The summed E-state index contributed by atoms with van der Waals surface area (Å²) in [6.45, 7) is 3.12. The summed E-state index contributed by atoms with van der Waals surface area (Å²) in [6, 6.07) is 6.79. The van der Waals surface area contributed by atoms with E-state index in [0.717, 1.165) is 19.2 Å². The molecule has 1 aliphatic heterocycles. The van der Waals surface area contributed by atoms with Crippen LogP contribution < -0.4 is 0 Å². The van der Waals surface area contributed by atoms with Crippen LogP contribution in [0.1, 0.15) is 10.4 Å². The molecule has 0 bridgehead atoms. The molecule has 0 atom stereocenters. The minimum atomic E-state index is -0.698. The second-order valence-electron chi connectivity index (χ2n) is 6.80. The number of carbonyl (C=O) groups excluding carboxylic acids is 1. The highest BCUT2D eigenvalue weighted by Crippen LogP contribution is 2.20. The number of piperazine rings is 1. The number of rotatable bonds is 3. The van der Waals surface area contributed by atoms with E-state index in [4.69, 9.17) is 0 Å². The Morgan fingerprint density at radius 2 is 1.82 bits per heavy atom. The molecule has 28 heavy (non-hydrogen) atoms. The van der Waals surface area contributed by atoms with E-state index in [1.165, 1.54) is 16.8 Å². The molecular formula is C20H19F2N5O. The van der Waals surface area contributed by atoms with Gasteiger partial charge in [-0.05, 0) is 31.3 Å². The van der Waals surface area contributed by atoms with E-state index in [-0.39, 0.29) is 11.6 Å². The standard InChI is InChI=1S/C20H19F2N5O/c1-25-6-8-26(9-7-25)20(28)14-2-4-18(23-11-14)15-12-24-27(13-15)19-5-3-16(21)10-17(19)22/h2-5,10-13H,6-9H2,1H3. The highest BCUT2D eigenvalue weighted by atomic mass is 19.1. The zero-order valence-electron chi connectivity index (χ0n) is 15.3. The quantitative estimate of drug-likeness (QED) is 0.698. The zero-order valence-corrected chi connectivity index (χ0v) is 15.3. The van der Waals surface area contributed by atoms with Crippen molar-refractivity contribution in [2.24, 2.45) is 0 Å². The van der Waals surface area contributed by atoms with E-state index in [0.29, 0.717) is 29.9 Å². The van der Waals surface area contributed by atoms with Gasteiger partial charge in [-0.1, -0.05) is 0 Å². The molecular weight excluding hydrogens is 364 g/mol. The van der Waals surface area contributed by atoms with Crippen LogP contribution in [0.25, 0.3) is 16.9 Å². The van der Waals surface area contributed by atoms with Crippen molar-refractivity contribution in [3.8, 4) is 16.9 Å². The maximum atomic E-state index is 13.9. The molecule has 3 heterocycles. The lowest BCUT2D eigenvalue weighted by Crippen LogP contribution is -2.47. The number of hydrogen-bond acceptors (Lipinski definition) is 4. The van der Waals surface area contributed by atoms with Crippen LogP contribution in [0.2, 0.25) is 0 Å². The van der Waals surface area contributed by atoms with Gasteiger partial charge in [-0.3, -0.25) is 9.78 Å². The van der Waals surface area contributed by atoms with Crippen molar-refractivity contribution < 1.29 is 13.6 Å². The van der Waals surface area contributed by atoms with Gasteiger partial charge in [0.05, 0.1) is 17.5 Å². The molecule has 0 radical (unpaired) electrons. The van der Waals surface area contributed by atoms with Crippen molar-refractivity contribution in [2.45, 2.75) is 0 Å². The van der Waals surface area contributed by atoms with Gasteiger partial charge in [0, 0.05) is 50.2 Å². The monoisotopic (exact) mass is 383 g/mol. The molecule has 1 aliphatic rings. The van der Waals surface area contributed by atoms with Crippen molar-refractivity contribution in [1.82, 2.24) is 24.6 Å². The molecule has 4 rings (SSSR count). The van der Waals surface area contributed by atoms with Crippen LogP contribution >= 0.6 is 0 Å². The van der Waals surface area contributed by atoms with Crippen molar-refractivity contribution in [3.63, 3.8) is 0 Å². The van der Waals surface area contributed by atoms with Crippen LogP contribution in [-0.4, -0.2) is 63.7 Å². The summed E-state index contributed by atoms with van der Waals surface area (Å²) >= 11 is 0. The summed E-state index contributed by atoms with van der Waals surface area (Å²) in [4.78, 5) is 21.0. The molecule has 3 aromatic rings. The maximum Gasteiger partial charge on any atom is 0.255 e. The molecule has 0 aliphatic carbocycles. The van der Waals surface area contributed by atoms with Crippen LogP contribution in [-0.2, 0) is 0 Å². The van der Waals surface area contributed by atoms with Crippen molar-refractivity contribution in [2.75, 3.05) is 33.2 Å². The Bertz CT molecular complexity index is 994. The third-order valence-electron chi connectivity index (χ3n) is 4.84. The van der Waals surface area contributed by atoms with E-state index in [9.17, 15) is 13.6 Å². The predicted octanol–water partition coefficient (Wildman–Crippen LogP) is 2.60. The first-order valence-corrected chi connectivity index (χ1v) is 8.95. The van der Waals surface area contributed by atoms with E-state index in [1.807, 2.05) is 11.9 Å². The Balaban J connectivity index is 1.51. The van der Waals surface area contributed by atoms with Gasteiger partial charge in [0.25, 0.3) is 5.91 Å². The van der Waals surface area contributed by atoms with Gasteiger partial charge < -0.3 is 9.80 Å². The average molecular weight is 383 g/mol. The lowest BCUT2D eigenvalue weighted by atomic mass is 10.1. The number of aromatic nitrogens is 3. The number of pyridine rings is 1. The molecule has 2 aromatic heterocycles. The highest BCUT2D eigenvalue weighted by Gasteiger charge is 2.20. The van der Waals surface area contributed by atoms with Gasteiger partial charge in [-0.25, -0.2) is 13.5 Å². The molecule has 0 unspecified atom stereocenters. The molecule has 8 heteroatoms. The molecule has 6 nitrogen and oxygen atoms in total. The Morgan fingerprint density at radius 1 is 1.04 bits per heavy atom. The third kappa shape index (κ3) is 3.63. The van der Waals surface area contributed by atoms with Crippen molar-refractivity contribution in [3.05, 3.63) is 66.1 Å². The maximum absolute atomic E-state index is 13.9. The fraction of sp³-hybridized carbons (Fsp3) is 0.250. The number of benzene rings is 1. The summed E-state index contributed by atoms with van der Waals surface area (Å²) in [6.07, 6.45) is 4.71. The summed E-state index contributed by atoms with van der Waals surface area (Å²) in [5, 5.41) is 4.13. The first-order chi connectivity index (χ1) is 13.5. The van der Waals surface area contributed by atoms with Crippen molar-refractivity contribution >= 4 is 5.91 Å². The smallest absolute Gasteiger partial charge is 0.255 e. The number of hydrogen-bond donors (Lipinski definition) is 0. The highest BCUT2D eigenvalue weighted by molar-refractivity contribution is 5.94. The van der Waals surface area contributed by atoms with Crippen molar-refractivity contribution in [1.29, 1.82) is 0 Å². The number of amides is 1. The number of halogens is 2. The van der Waals surface area contributed by atoms with Crippen LogP contribution in [0.3, 0.4) is 0 Å². The Labute approximate surface area is 161 Å². The lowest BCUT2D eigenvalue weighted by molar-refractivity contribution is 0.0663. The summed E-state index contributed by atoms with van der Waals surface area (Å²) in [5.74, 6) is -1.37. The van der Waals surface area contributed by atoms with E-state index in [2.05, 4.69) is 15.0 Å². The molecule has 0 N–H and O–H groups in total. The van der Waals surface area contributed by atoms with Gasteiger partial charge in [0.2, 0.25) is 0 Å². The predicted molar refractivity (Wildman–Crippen MR) is 100 cm³/mol. The fourth-order valence-electron chi connectivity index (χ4n) is 3.14. The molecule has 1 fully saturated rings. The molecule has 144 valence electrons. The third-order valence-corrected chi connectivity index (χ3v) is 4.84. The van der Waals surface area contributed by atoms with E-state index in [1.54, 1.807) is 30.7 Å². The van der Waals surface area contributed by atoms with Gasteiger partial charge >= 0.3 is 0 Å². The first kappa shape index (κ1) is 18.2. The second-order valence-corrected chi connectivity index (χ2v) is 6.80. The molecule has 1 amide bonds. The lowest BCUT2D eigenvalue weighted by Gasteiger charge is -2.32.